The first kappa shape index (κ1) is 16.0. The number of carbonyl (C=O) groups is 1. The van der Waals surface area contributed by atoms with E-state index < -0.39 is 5.91 Å². The molecule has 6 nitrogen and oxygen atoms in total. The molecule has 25 heavy (non-hydrogen) atoms. The van der Waals surface area contributed by atoms with Gasteiger partial charge in [-0.2, -0.15) is 0 Å². The van der Waals surface area contributed by atoms with Crippen LogP contribution in [-0.2, 0) is 12.8 Å². The Labute approximate surface area is 147 Å². The van der Waals surface area contributed by atoms with Gasteiger partial charge in [0.15, 0.2) is 0 Å². The monoisotopic (exact) mass is 338 g/mol. The summed E-state index contributed by atoms with van der Waals surface area (Å²) in [6.07, 6.45) is 8.98. The second-order valence-corrected chi connectivity index (χ2v) is 6.76. The van der Waals surface area contributed by atoms with Gasteiger partial charge in [0, 0.05) is 19.1 Å². The molecule has 2 aromatic rings. The van der Waals surface area contributed by atoms with Gasteiger partial charge in [-0.15, -0.1) is 0 Å². The van der Waals surface area contributed by atoms with E-state index in [1.807, 2.05) is 6.07 Å². The van der Waals surface area contributed by atoms with Gasteiger partial charge in [-0.05, 0) is 48.9 Å². The lowest BCUT2D eigenvalue weighted by Gasteiger charge is -2.36. The number of primary amides is 1. The van der Waals surface area contributed by atoms with Gasteiger partial charge in [-0.1, -0.05) is 12.5 Å². The molecule has 2 aliphatic rings. The van der Waals surface area contributed by atoms with Crippen molar-refractivity contribution in [2.24, 2.45) is 5.73 Å². The minimum atomic E-state index is -0.597. The average Bonchev–Trinajstić information content (AvgIpc) is 2.77. The molecule has 0 radical (unpaired) electrons. The first-order valence-corrected chi connectivity index (χ1v) is 8.84. The minimum absolute atomic E-state index is 0.130. The number of aromatic nitrogens is 2. The van der Waals surface area contributed by atoms with E-state index in [2.05, 4.69) is 27.0 Å². The van der Waals surface area contributed by atoms with Gasteiger partial charge in [-0.3, -0.25) is 9.69 Å². The summed E-state index contributed by atoms with van der Waals surface area (Å²) < 4.78 is 5.79. The van der Waals surface area contributed by atoms with E-state index in [1.165, 1.54) is 42.8 Å². The number of nitrogens with two attached hydrogens (primary N) is 1. The first-order valence-electron chi connectivity index (χ1n) is 8.84. The van der Waals surface area contributed by atoms with Gasteiger partial charge in [0.2, 0.25) is 5.88 Å². The minimum Gasteiger partial charge on any atom is -0.437 e. The number of hydrogen-bond donors (Lipinski definition) is 1. The van der Waals surface area contributed by atoms with Crippen molar-refractivity contribution < 1.29 is 9.53 Å². The highest BCUT2D eigenvalue weighted by Crippen LogP contribution is 2.29. The Balaban J connectivity index is 1.46. The van der Waals surface area contributed by atoms with Crippen LogP contribution in [0.1, 0.15) is 40.9 Å². The molecule has 1 aliphatic carbocycles. The predicted octanol–water partition coefficient (Wildman–Crippen LogP) is 2.32. The fraction of sp³-hybridized carbons (Fsp3) is 0.421. The Morgan fingerprint density at radius 2 is 1.92 bits per heavy atom. The molecule has 0 saturated heterocycles. The van der Waals surface area contributed by atoms with Crippen molar-refractivity contribution >= 4 is 5.91 Å². The van der Waals surface area contributed by atoms with Crippen LogP contribution < -0.4 is 10.5 Å². The molecule has 1 aliphatic heterocycles. The molecule has 4 rings (SSSR count). The Morgan fingerprint density at radius 3 is 2.56 bits per heavy atom. The van der Waals surface area contributed by atoms with E-state index in [1.54, 1.807) is 0 Å². The standard InChI is InChI=1S/C19H22N4O2/c20-19(24)17-11-22-18(12-21-17)25-16-5-4-13-6-8-23(15-2-1-3-15)9-7-14(13)10-16/h4-5,10-12,15H,1-3,6-9H2,(H2,20,24). The van der Waals surface area contributed by atoms with Gasteiger partial charge >= 0.3 is 0 Å². The smallest absolute Gasteiger partial charge is 0.268 e. The van der Waals surface area contributed by atoms with E-state index in [9.17, 15) is 4.79 Å². The van der Waals surface area contributed by atoms with Crippen LogP contribution in [0.3, 0.4) is 0 Å². The maximum absolute atomic E-state index is 11.0. The molecule has 130 valence electrons. The van der Waals surface area contributed by atoms with E-state index in [0.29, 0.717) is 5.88 Å². The third-order valence-corrected chi connectivity index (χ3v) is 5.21. The molecule has 2 heterocycles. The van der Waals surface area contributed by atoms with E-state index >= 15 is 0 Å². The molecule has 1 aromatic heterocycles. The molecule has 2 N–H and O–H groups in total. The number of rotatable bonds is 4. The van der Waals surface area contributed by atoms with Gasteiger partial charge in [0.05, 0.1) is 12.4 Å². The Kier molecular flexibility index (Phi) is 4.36. The molecular formula is C19H22N4O2. The van der Waals surface area contributed by atoms with Crippen molar-refractivity contribution in [1.82, 2.24) is 14.9 Å². The number of carbonyl (C=O) groups excluding carboxylic acids is 1. The highest BCUT2D eigenvalue weighted by molar-refractivity contribution is 5.90. The van der Waals surface area contributed by atoms with Crippen LogP contribution in [0.4, 0.5) is 0 Å². The van der Waals surface area contributed by atoms with Crippen molar-refractivity contribution in [2.45, 2.75) is 38.1 Å². The molecular weight excluding hydrogens is 316 g/mol. The largest absolute Gasteiger partial charge is 0.437 e. The lowest BCUT2D eigenvalue weighted by molar-refractivity contribution is 0.0995. The number of amides is 1. The van der Waals surface area contributed by atoms with Crippen LogP contribution in [0, 0.1) is 0 Å². The maximum atomic E-state index is 11.0. The van der Waals surface area contributed by atoms with Crippen LogP contribution in [0.25, 0.3) is 0 Å². The van der Waals surface area contributed by atoms with Gasteiger partial charge in [-0.25, -0.2) is 9.97 Å². The zero-order chi connectivity index (χ0) is 17.2. The molecule has 1 aromatic carbocycles. The first-order chi connectivity index (χ1) is 12.2. The number of benzene rings is 1. The van der Waals surface area contributed by atoms with Gasteiger partial charge in [0.25, 0.3) is 5.91 Å². The molecule has 0 atom stereocenters. The van der Waals surface area contributed by atoms with Crippen molar-refractivity contribution in [3.63, 3.8) is 0 Å². The zero-order valence-electron chi connectivity index (χ0n) is 14.1. The highest BCUT2D eigenvalue weighted by Gasteiger charge is 2.26. The van der Waals surface area contributed by atoms with Crippen molar-refractivity contribution in [3.05, 3.63) is 47.4 Å². The molecule has 0 bridgehead atoms. The summed E-state index contributed by atoms with van der Waals surface area (Å²) in [4.78, 5) is 21.7. The van der Waals surface area contributed by atoms with Crippen LogP contribution in [0.5, 0.6) is 11.6 Å². The molecule has 0 unspecified atom stereocenters. The summed E-state index contributed by atoms with van der Waals surface area (Å²) in [7, 11) is 0. The summed E-state index contributed by atoms with van der Waals surface area (Å²) in [5, 5.41) is 0. The fourth-order valence-electron chi connectivity index (χ4n) is 3.52. The summed E-state index contributed by atoms with van der Waals surface area (Å²) >= 11 is 0. The topological polar surface area (TPSA) is 81.3 Å². The SMILES string of the molecule is NC(=O)c1cnc(Oc2ccc3c(c2)CCN(C2CCC2)CC3)cn1. The Morgan fingerprint density at radius 1 is 1.12 bits per heavy atom. The fourth-order valence-corrected chi connectivity index (χ4v) is 3.52. The van der Waals surface area contributed by atoms with Crippen molar-refractivity contribution in [2.75, 3.05) is 13.1 Å². The second-order valence-electron chi connectivity index (χ2n) is 6.76. The Bertz CT molecular complexity index is 771. The van der Waals surface area contributed by atoms with E-state index in [0.717, 1.165) is 37.7 Å². The van der Waals surface area contributed by atoms with Gasteiger partial charge < -0.3 is 10.5 Å². The lowest BCUT2D eigenvalue weighted by atomic mass is 9.91. The molecule has 1 saturated carbocycles. The second kappa shape index (κ2) is 6.80. The summed E-state index contributed by atoms with van der Waals surface area (Å²) in [6.45, 7) is 2.27. The molecule has 0 spiro atoms. The molecule has 1 amide bonds. The normalized spacial score (nSPS) is 18.1. The van der Waals surface area contributed by atoms with E-state index in [4.69, 9.17) is 10.5 Å². The number of fused-ring (bicyclic) bond motifs is 1. The lowest BCUT2D eigenvalue weighted by Crippen LogP contribution is -2.41. The van der Waals surface area contributed by atoms with Crippen LogP contribution in [-0.4, -0.2) is 39.9 Å². The third-order valence-electron chi connectivity index (χ3n) is 5.21. The number of hydrogen-bond acceptors (Lipinski definition) is 5. The van der Waals surface area contributed by atoms with Crippen LogP contribution in [0.15, 0.2) is 30.6 Å². The zero-order valence-corrected chi connectivity index (χ0v) is 14.1. The predicted molar refractivity (Wildman–Crippen MR) is 93.7 cm³/mol. The van der Waals surface area contributed by atoms with E-state index in [-0.39, 0.29) is 5.69 Å². The van der Waals surface area contributed by atoms with Crippen molar-refractivity contribution in [3.8, 4) is 11.6 Å². The molecule has 1 fully saturated rings. The van der Waals surface area contributed by atoms with Crippen molar-refractivity contribution in [1.29, 1.82) is 0 Å². The number of ether oxygens (including phenoxy) is 1. The molecule has 6 heteroatoms. The summed E-state index contributed by atoms with van der Waals surface area (Å²) in [5.41, 5.74) is 8.05. The van der Waals surface area contributed by atoms with Crippen LogP contribution in [0.2, 0.25) is 0 Å². The Hall–Kier alpha value is -2.47. The quantitative estimate of drug-likeness (QED) is 0.925. The van der Waals surface area contributed by atoms with Crippen LogP contribution >= 0.6 is 0 Å². The highest BCUT2D eigenvalue weighted by atomic mass is 16.5. The average molecular weight is 338 g/mol. The summed E-state index contributed by atoms with van der Waals surface area (Å²) in [5.74, 6) is 0.506. The number of nitrogens with zero attached hydrogens (tertiary/aromatic N) is 3. The van der Waals surface area contributed by atoms with Gasteiger partial charge in [0.1, 0.15) is 11.4 Å². The third kappa shape index (κ3) is 3.49. The summed E-state index contributed by atoms with van der Waals surface area (Å²) in [6, 6.07) is 7.02. The maximum Gasteiger partial charge on any atom is 0.268 e.